The fourth-order valence-corrected chi connectivity index (χ4v) is 3.00. The van der Waals surface area contributed by atoms with E-state index in [2.05, 4.69) is 95.6 Å². The molecule has 3 rings (SSSR count). The molecule has 3 aromatic carbocycles. The van der Waals surface area contributed by atoms with Gasteiger partial charge in [0.2, 0.25) is 0 Å². The lowest BCUT2D eigenvalue weighted by molar-refractivity contribution is 0.680. The second-order valence-corrected chi connectivity index (χ2v) is 6.64. The highest BCUT2D eigenvalue weighted by molar-refractivity contribution is 5.22. The van der Waals surface area contributed by atoms with Crippen LogP contribution in [0.5, 0.6) is 0 Å². The molecule has 26 heavy (non-hydrogen) atoms. The molecular weight excluding hydrogens is 316 g/mol. The molecule has 0 amide bonds. The van der Waals surface area contributed by atoms with Crippen LogP contribution < -0.4 is 10.6 Å². The Morgan fingerprint density at radius 2 is 0.808 bits per heavy atom. The van der Waals surface area contributed by atoms with Crippen LogP contribution in [-0.4, -0.2) is 13.1 Å². The van der Waals surface area contributed by atoms with E-state index in [1.165, 1.54) is 22.3 Å². The van der Waals surface area contributed by atoms with Crippen LogP contribution in [0.1, 0.15) is 22.3 Å². The zero-order valence-electron chi connectivity index (χ0n) is 15.3. The Bertz CT molecular complexity index is 670. The van der Waals surface area contributed by atoms with Crippen molar-refractivity contribution in [2.24, 2.45) is 0 Å². The van der Waals surface area contributed by atoms with Crippen molar-refractivity contribution in [3.8, 4) is 0 Å². The number of hydrogen-bond acceptors (Lipinski definition) is 2. The molecule has 0 aliphatic carbocycles. The minimum absolute atomic E-state index is 0.925. The van der Waals surface area contributed by atoms with Crippen molar-refractivity contribution in [2.45, 2.75) is 25.9 Å². The van der Waals surface area contributed by atoms with Crippen molar-refractivity contribution in [3.63, 3.8) is 0 Å². The third-order valence-electron chi connectivity index (χ3n) is 4.55. The van der Waals surface area contributed by atoms with Crippen LogP contribution in [0, 0.1) is 0 Å². The molecule has 2 N–H and O–H groups in total. The number of benzene rings is 3. The van der Waals surface area contributed by atoms with Gasteiger partial charge in [0.25, 0.3) is 0 Å². The molecule has 0 saturated carbocycles. The largest absolute Gasteiger partial charge is 0.312 e. The zero-order valence-corrected chi connectivity index (χ0v) is 15.3. The van der Waals surface area contributed by atoms with Crippen LogP contribution in [0.15, 0.2) is 84.9 Å². The van der Waals surface area contributed by atoms with Gasteiger partial charge in [-0.1, -0.05) is 84.9 Å². The van der Waals surface area contributed by atoms with E-state index in [0.29, 0.717) is 0 Å². The van der Waals surface area contributed by atoms with Crippen molar-refractivity contribution in [1.82, 2.24) is 10.6 Å². The molecule has 2 nitrogen and oxygen atoms in total. The lowest BCUT2D eigenvalue weighted by Gasteiger charge is -2.08. The first-order chi connectivity index (χ1) is 12.9. The molecule has 0 aromatic heterocycles. The fraction of sp³-hybridized carbons (Fsp3) is 0.250. The molecule has 3 aromatic rings. The monoisotopic (exact) mass is 344 g/mol. The first kappa shape index (κ1) is 18.4. The highest BCUT2D eigenvalue weighted by atomic mass is 14.8. The summed E-state index contributed by atoms with van der Waals surface area (Å²) in [6, 6.07) is 30.2. The van der Waals surface area contributed by atoms with Crippen molar-refractivity contribution in [2.75, 3.05) is 13.1 Å². The molecule has 0 bridgehead atoms. The fourth-order valence-electron chi connectivity index (χ4n) is 3.00. The predicted octanol–water partition coefficient (Wildman–Crippen LogP) is 4.35. The van der Waals surface area contributed by atoms with E-state index in [4.69, 9.17) is 0 Å². The summed E-state index contributed by atoms with van der Waals surface area (Å²) in [5, 5.41) is 7.05. The van der Waals surface area contributed by atoms with E-state index in [1.54, 1.807) is 0 Å². The van der Waals surface area contributed by atoms with Gasteiger partial charge in [0, 0.05) is 13.1 Å². The molecule has 0 unspecified atom stereocenters. The van der Waals surface area contributed by atoms with E-state index in [1.807, 2.05) is 0 Å². The van der Waals surface area contributed by atoms with Gasteiger partial charge in [0.15, 0.2) is 0 Å². The molecule has 2 heteroatoms. The van der Waals surface area contributed by atoms with Gasteiger partial charge in [-0.3, -0.25) is 0 Å². The zero-order chi connectivity index (χ0) is 17.9. The van der Waals surface area contributed by atoms with Crippen molar-refractivity contribution in [3.05, 3.63) is 107 Å². The quantitative estimate of drug-likeness (QED) is 0.534. The summed E-state index contributed by atoms with van der Waals surface area (Å²) in [4.78, 5) is 0. The molecular formula is C24H28N2. The standard InChI is InChI=1S/C24H28N2/c1-3-7-21(8-4-1)15-17-25-19-23-11-13-24(14-12-23)20-26-18-16-22-9-5-2-6-10-22/h1-14,25-26H,15-20H2. The molecule has 0 aliphatic rings. The Kier molecular flexibility index (Phi) is 7.45. The van der Waals surface area contributed by atoms with Crippen LogP contribution in [0.3, 0.4) is 0 Å². The average Bonchev–Trinajstić information content (AvgIpc) is 2.71. The second-order valence-electron chi connectivity index (χ2n) is 6.64. The third kappa shape index (κ3) is 6.47. The maximum Gasteiger partial charge on any atom is 0.0205 e. The SMILES string of the molecule is c1ccc(CCNCc2ccc(CNCCc3ccccc3)cc2)cc1. The summed E-state index contributed by atoms with van der Waals surface area (Å²) in [6.45, 7) is 3.86. The third-order valence-corrected chi connectivity index (χ3v) is 4.55. The normalized spacial score (nSPS) is 10.8. The van der Waals surface area contributed by atoms with Gasteiger partial charge >= 0.3 is 0 Å². The van der Waals surface area contributed by atoms with E-state index >= 15 is 0 Å². The van der Waals surface area contributed by atoms with Crippen molar-refractivity contribution < 1.29 is 0 Å². The van der Waals surface area contributed by atoms with Crippen LogP contribution in [0.25, 0.3) is 0 Å². The minimum Gasteiger partial charge on any atom is -0.312 e. The van der Waals surface area contributed by atoms with Gasteiger partial charge in [-0.05, 0) is 48.2 Å². The van der Waals surface area contributed by atoms with Crippen LogP contribution in [-0.2, 0) is 25.9 Å². The molecule has 0 radical (unpaired) electrons. The maximum absolute atomic E-state index is 3.52. The number of hydrogen-bond donors (Lipinski definition) is 2. The first-order valence-electron chi connectivity index (χ1n) is 9.47. The van der Waals surface area contributed by atoms with Crippen molar-refractivity contribution >= 4 is 0 Å². The van der Waals surface area contributed by atoms with Gasteiger partial charge in [-0.25, -0.2) is 0 Å². The van der Waals surface area contributed by atoms with E-state index < -0.39 is 0 Å². The predicted molar refractivity (Wildman–Crippen MR) is 110 cm³/mol. The van der Waals surface area contributed by atoms with E-state index in [9.17, 15) is 0 Å². The summed E-state index contributed by atoms with van der Waals surface area (Å²) < 4.78 is 0. The van der Waals surface area contributed by atoms with Gasteiger partial charge in [-0.2, -0.15) is 0 Å². The molecule has 0 spiro atoms. The Morgan fingerprint density at radius 1 is 0.423 bits per heavy atom. The highest BCUT2D eigenvalue weighted by Crippen LogP contribution is 2.05. The summed E-state index contributed by atoms with van der Waals surface area (Å²) in [7, 11) is 0. The molecule has 0 aliphatic heterocycles. The Hall–Kier alpha value is -2.42. The summed E-state index contributed by atoms with van der Waals surface area (Å²) >= 11 is 0. The topological polar surface area (TPSA) is 24.1 Å². The molecule has 134 valence electrons. The molecule has 0 heterocycles. The van der Waals surface area contributed by atoms with Crippen LogP contribution >= 0.6 is 0 Å². The summed E-state index contributed by atoms with van der Waals surface area (Å²) in [5.74, 6) is 0. The van der Waals surface area contributed by atoms with E-state index in [0.717, 1.165) is 39.0 Å². The highest BCUT2D eigenvalue weighted by Gasteiger charge is 1.97. The number of nitrogens with one attached hydrogen (secondary N) is 2. The smallest absolute Gasteiger partial charge is 0.0205 e. The average molecular weight is 345 g/mol. The van der Waals surface area contributed by atoms with E-state index in [-0.39, 0.29) is 0 Å². The van der Waals surface area contributed by atoms with Crippen LogP contribution in [0.2, 0.25) is 0 Å². The van der Waals surface area contributed by atoms with Crippen molar-refractivity contribution in [1.29, 1.82) is 0 Å². The second kappa shape index (κ2) is 10.5. The van der Waals surface area contributed by atoms with Gasteiger partial charge in [0.05, 0.1) is 0 Å². The lowest BCUT2D eigenvalue weighted by Crippen LogP contribution is -2.17. The molecule has 0 atom stereocenters. The molecule has 0 fully saturated rings. The van der Waals surface area contributed by atoms with Gasteiger partial charge < -0.3 is 10.6 Å². The van der Waals surface area contributed by atoms with Crippen LogP contribution in [0.4, 0.5) is 0 Å². The lowest BCUT2D eigenvalue weighted by atomic mass is 10.1. The first-order valence-corrected chi connectivity index (χ1v) is 9.47. The Balaban J connectivity index is 1.31. The Morgan fingerprint density at radius 3 is 1.19 bits per heavy atom. The maximum atomic E-state index is 3.52. The summed E-state index contributed by atoms with van der Waals surface area (Å²) in [6.07, 6.45) is 2.15. The minimum atomic E-state index is 0.925. The van der Waals surface area contributed by atoms with Gasteiger partial charge in [-0.15, -0.1) is 0 Å². The summed E-state index contributed by atoms with van der Waals surface area (Å²) in [5.41, 5.74) is 5.45. The number of rotatable bonds is 10. The van der Waals surface area contributed by atoms with Gasteiger partial charge in [0.1, 0.15) is 0 Å². The molecule has 0 saturated heterocycles. The Labute approximate surface area is 157 Å².